The molecule has 114 valence electrons. The van der Waals surface area contributed by atoms with Crippen molar-refractivity contribution in [1.29, 1.82) is 0 Å². The minimum atomic E-state index is -3.47. The normalized spacial score (nSPS) is 13.6. The summed E-state index contributed by atoms with van der Waals surface area (Å²) in [6.45, 7) is 3.87. The molecule has 1 heterocycles. The third-order valence-electron chi connectivity index (χ3n) is 3.81. The van der Waals surface area contributed by atoms with E-state index in [4.69, 9.17) is 0 Å². The summed E-state index contributed by atoms with van der Waals surface area (Å²) in [5.74, 6) is 0.759. The Balaban J connectivity index is 2.47. The predicted molar refractivity (Wildman–Crippen MR) is 86.0 cm³/mol. The lowest BCUT2D eigenvalue weighted by atomic mass is 10.2. The van der Waals surface area contributed by atoms with Crippen LogP contribution in [0.15, 0.2) is 35.2 Å². The van der Waals surface area contributed by atoms with Gasteiger partial charge in [-0.2, -0.15) is 4.31 Å². The molecule has 0 amide bonds. The van der Waals surface area contributed by atoms with Crippen LogP contribution >= 0.6 is 0 Å². The van der Waals surface area contributed by atoms with Gasteiger partial charge in [0.2, 0.25) is 10.0 Å². The van der Waals surface area contributed by atoms with E-state index in [2.05, 4.69) is 10.3 Å². The number of nitrogens with one attached hydrogen (secondary N) is 1. The highest BCUT2D eigenvalue weighted by Gasteiger charge is 2.24. The van der Waals surface area contributed by atoms with Gasteiger partial charge < -0.3 is 5.32 Å². The first-order valence-electron chi connectivity index (χ1n) is 6.96. The van der Waals surface area contributed by atoms with E-state index >= 15 is 0 Å². The molecule has 5 nitrogen and oxygen atoms in total. The van der Waals surface area contributed by atoms with Gasteiger partial charge in [-0.1, -0.05) is 6.92 Å². The molecular weight excluding hydrogens is 286 g/mol. The highest BCUT2D eigenvalue weighted by Crippen LogP contribution is 2.23. The zero-order valence-corrected chi connectivity index (χ0v) is 13.6. The Bertz CT molecular complexity index is 744. The van der Waals surface area contributed by atoms with Gasteiger partial charge in [-0.15, -0.1) is 0 Å². The molecule has 21 heavy (non-hydrogen) atoms. The minimum Gasteiger partial charge on any atom is -0.373 e. The first-order chi connectivity index (χ1) is 9.90. The standard InChI is InChI=1S/C15H21N3O2S/c1-5-11(2)18(4)21(19,20)13-7-8-14-12(10-13)6-9-15(16-3)17-14/h6-11H,5H2,1-4H3,(H,16,17). The van der Waals surface area contributed by atoms with E-state index in [0.717, 1.165) is 23.1 Å². The van der Waals surface area contributed by atoms with Crippen LogP contribution in [0.5, 0.6) is 0 Å². The van der Waals surface area contributed by atoms with Gasteiger partial charge in [-0.05, 0) is 43.7 Å². The minimum absolute atomic E-state index is 0.0320. The summed E-state index contributed by atoms with van der Waals surface area (Å²) in [5, 5.41) is 3.78. The van der Waals surface area contributed by atoms with Crippen molar-refractivity contribution in [2.75, 3.05) is 19.4 Å². The maximum Gasteiger partial charge on any atom is 0.243 e. The second kappa shape index (κ2) is 5.99. The third kappa shape index (κ3) is 3.01. The summed E-state index contributed by atoms with van der Waals surface area (Å²) in [7, 11) is -0.0468. The second-order valence-corrected chi connectivity index (χ2v) is 7.08. The third-order valence-corrected chi connectivity index (χ3v) is 5.77. The van der Waals surface area contributed by atoms with Crippen molar-refractivity contribution in [3.8, 4) is 0 Å². The Hall–Kier alpha value is -1.66. The number of hydrogen-bond donors (Lipinski definition) is 1. The fourth-order valence-corrected chi connectivity index (χ4v) is 3.53. The van der Waals surface area contributed by atoms with E-state index in [9.17, 15) is 8.42 Å². The van der Waals surface area contributed by atoms with Crippen LogP contribution in [0.25, 0.3) is 10.9 Å². The monoisotopic (exact) mass is 307 g/mol. The Labute approximate surface area is 126 Å². The van der Waals surface area contributed by atoms with Crippen molar-refractivity contribution in [2.24, 2.45) is 0 Å². The van der Waals surface area contributed by atoms with Crippen LogP contribution in [0.1, 0.15) is 20.3 Å². The van der Waals surface area contributed by atoms with Crippen molar-refractivity contribution in [1.82, 2.24) is 9.29 Å². The highest BCUT2D eigenvalue weighted by molar-refractivity contribution is 7.89. The van der Waals surface area contributed by atoms with Crippen LogP contribution in [0.3, 0.4) is 0 Å². The molecule has 0 saturated carbocycles. The van der Waals surface area contributed by atoms with Crippen molar-refractivity contribution in [3.63, 3.8) is 0 Å². The number of fused-ring (bicyclic) bond motifs is 1. The molecule has 0 fully saturated rings. The maximum absolute atomic E-state index is 12.6. The van der Waals surface area contributed by atoms with Gasteiger partial charge in [0, 0.05) is 25.5 Å². The van der Waals surface area contributed by atoms with Crippen LogP contribution in [-0.2, 0) is 10.0 Å². The summed E-state index contributed by atoms with van der Waals surface area (Å²) in [6, 6.07) is 8.70. The van der Waals surface area contributed by atoms with E-state index in [1.165, 1.54) is 4.31 Å². The first kappa shape index (κ1) is 15.7. The number of hydrogen-bond acceptors (Lipinski definition) is 4. The Morgan fingerprint density at radius 2 is 2.00 bits per heavy atom. The maximum atomic E-state index is 12.6. The van der Waals surface area contributed by atoms with E-state index in [1.54, 1.807) is 32.3 Å². The van der Waals surface area contributed by atoms with Crippen LogP contribution in [-0.4, -0.2) is 37.8 Å². The Morgan fingerprint density at radius 3 is 2.62 bits per heavy atom. The molecular formula is C15H21N3O2S. The van der Waals surface area contributed by atoms with Crippen LogP contribution in [0.4, 0.5) is 5.82 Å². The van der Waals surface area contributed by atoms with E-state index in [1.807, 2.05) is 26.0 Å². The molecule has 1 aromatic carbocycles. The topological polar surface area (TPSA) is 62.3 Å². The van der Waals surface area contributed by atoms with Crippen molar-refractivity contribution in [2.45, 2.75) is 31.2 Å². The van der Waals surface area contributed by atoms with Gasteiger partial charge in [-0.3, -0.25) is 0 Å². The van der Waals surface area contributed by atoms with Crippen LogP contribution in [0.2, 0.25) is 0 Å². The van der Waals surface area contributed by atoms with Crippen molar-refractivity contribution >= 4 is 26.7 Å². The van der Waals surface area contributed by atoms with Crippen LogP contribution in [0, 0.1) is 0 Å². The number of aromatic nitrogens is 1. The molecule has 0 bridgehead atoms. The lowest BCUT2D eigenvalue weighted by Gasteiger charge is -2.23. The fraction of sp³-hybridized carbons (Fsp3) is 0.400. The van der Waals surface area contributed by atoms with Crippen molar-refractivity contribution < 1.29 is 8.42 Å². The largest absolute Gasteiger partial charge is 0.373 e. The number of pyridine rings is 1. The number of benzene rings is 1. The molecule has 2 rings (SSSR count). The molecule has 2 aromatic rings. The average molecular weight is 307 g/mol. The van der Waals surface area contributed by atoms with Gasteiger partial charge in [-0.25, -0.2) is 13.4 Å². The molecule has 0 aliphatic rings. The molecule has 1 unspecified atom stereocenters. The first-order valence-corrected chi connectivity index (χ1v) is 8.40. The molecule has 1 atom stereocenters. The van der Waals surface area contributed by atoms with Gasteiger partial charge in [0.15, 0.2) is 0 Å². The predicted octanol–water partition coefficient (Wildman–Crippen LogP) is 2.70. The molecule has 1 aromatic heterocycles. The molecule has 6 heteroatoms. The molecule has 0 spiro atoms. The van der Waals surface area contributed by atoms with Gasteiger partial charge >= 0.3 is 0 Å². The quantitative estimate of drug-likeness (QED) is 0.922. The van der Waals surface area contributed by atoms with Crippen molar-refractivity contribution in [3.05, 3.63) is 30.3 Å². The Kier molecular flexibility index (Phi) is 4.49. The lowest BCUT2D eigenvalue weighted by Crippen LogP contribution is -2.34. The number of sulfonamides is 1. The SMILES string of the molecule is CCC(C)N(C)S(=O)(=O)c1ccc2nc(NC)ccc2c1. The van der Waals surface area contributed by atoms with E-state index in [-0.39, 0.29) is 6.04 Å². The molecule has 0 radical (unpaired) electrons. The molecule has 0 aliphatic carbocycles. The summed E-state index contributed by atoms with van der Waals surface area (Å²) in [5.41, 5.74) is 0.770. The van der Waals surface area contributed by atoms with Gasteiger partial charge in [0.25, 0.3) is 0 Å². The smallest absolute Gasteiger partial charge is 0.243 e. The summed E-state index contributed by atoms with van der Waals surface area (Å²) < 4.78 is 26.6. The van der Waals surface area contributed by atoms with Gasteiger partial charge in [0.05, 0.1) is 10.4 Å². The molecule has 0 saturated heterocycles. The van der Waals surface area contributed by atoms with E-state index in [0.29, 0.717) is 4.90 Å². The highest BCUT2D eigenvalue weighted by atomic mass is 32.2. The summed E-state index contributed by atoms with van der Waals surface area (Å²) >= 11 is 0. The number of nitrogens with zero attached hydrogens (tertiary/aromatic N) is 2. The molecule has 0 aliphatic heterocycles. The summed E-state index contributed by atoms with van der Waals surface area (Å²) in [6.07, 6.45) is 0.774. The number of rotatable bonds is 5. The zero-order chi connectivity index (χ0) is 15.6. The lowest BCUT2D eigenvalue weighted by molar-refractivity contribution is 0.380. The van der Waals surface area contributed by atoms with Gasteiger partial charge in [0.1, 0.15) is 5.82 Å². The molecule has 1 N–H and O–H groups in total. The number of anilines is 1. The Morgan fingerprint density at radius 1 is 1.29 bits per heavy atom. The average Bonchev–Trinajstić information content (AvgIpc) is 2.52. The fourth-order valence-electron chi connectivity index (χ4n) is 2.06. The summed E-state index contributed by atoms with van der Waals surface area (Å²) in [4.78, 5) is 4.70. The zero-order valence-electron chi connectivity index (χ0n) is 12.8. The van der Waals surface area contributed by atoms with Crippen LogP contribution < -0.4 is 5.32 Å². The second-order valence-electron chi connectivity index (χ2n) is 5.08. The van der Waals surface area contributed by atoms with E-state index < -0.39 is 10.0 Å².